The van der Waals surface area contributed by atoms with Gasteiger partial charge in [0.2, 0.25) is 0 Å². The number of alkyl halides is 3. The molecule has 111 valence electrons. The molecule has 0 saturated heterocycles. The Morgan fingerprint density at radius 1 is 1.05 bits per heavy atom. The van der Waals surface area contributed by atoms with Crippen molar-refractivity contribution in [2.24, 2.45) is 0 Å². The van der Waals surface area contributed by atoms with Gasteiger partial charge in [-0.05, 0) is 29.8 Å². The highest BCUT2D eigenvalue weighted by molar-refractivity contribution is 5.40. The van der Waals surface area contributed by atoms with E-state index in [0.29, 0.717) is 11.3 Å². The second kappa shape index (κ2) is 6.16. The molecule has 1 radical (unpaired) electrons. The predicted molar refractivity (Wildman–Crippen MR) is 71.6 cm³/mol. The second-order valence-corrected chi connectivity index (χ2v) is 4.63. The summed E-state index contributed by atoms with van der Waals surface area (Å²) >= 11 is 0. The van der Waals surface area contributed by atoms with Crippen LogP contribution in [0.4, 0.5) is 17.6 Å². The van der Waals surface area contributed by atoms with Crippen molar-refractivity contribution < 1.29 is 22.3 Å². The first-order chi connectivity index (χ1) is 9.85. The Morgan fingerprint density at radius 3 is 2.33 bits per heavy atom. The number of hydrogen-bond donors (Lipinski definition) is 0. The van der Waals surface area contributed by atoms with Gasteiger partial charge in [0.1, 0.15) is 5.75 Å². The molecule has 5 heteroatoms. The fraction of sp³-hybridized carbons (Fsp3) is 0.188. The lowest BCUT2D eigenvalue weighted by Crippen LogP contribution is -2.12. The zero-order chi connectivity index (χ0) is 15.5. The maximum Gasteiger partial charge on any atom is 0.389 e. The van der Waals surface area contributed by atoms with Crippen molar-refractivity contribution in [3.63, 3.8) is 0 Å². The summed E-state index contributed by atoms with van der Waals surface area (Å²) in [7, 11) is 0. The SMILES string of the molecule is C[C](CC(F)(F)F)c1ccc(F)c(Oc2ccccc2)c1. The molecular formula is C16H13F4O. The van der Waals surface area contributed by atoms with E-state index in [0.717, 1.165) is 6.07 Å². The molecule has 1 nitrogen and oxygen atoms in total. The Kier molecular flexibility index (Phi) is 4.50. The van der Waals surface area contributed by atoms with Crippen molar-refractivity contribution >= 4 is 0 Å². The fourth-order valence-corrected chi connectivity index (χ4v) is 1.87. The average Bonchev–Trinajstić information content (AvgIpc) is 2.40. The Labute approximate surface area is 120 Å². The third kappa shape index (κ3) is 4.48. The van der Waals surface area contributed by atoms with Gasteiger partial charge in [-0.3, -0.25) is 0 Å². The predicted octanol–water partition coefficient (Wildman–Crippen LogP) is 5.51. The average molecular weight is 297 g/mol. The van der Waals surface area contributed by atoms with E-state index in [1.54, 1.807) is 30.3 Å². The molecular weight excluding hydrogens is 284 g/mol. The Morgan fingerprint density at radius 2 is 1.71 bits per heavy atom. The van der Waals surface area contributed by atoms with Crippen LogP contribution in [-0.2, 0) is 0 Å². The number of hydrogen-bond acceptors (Lipinski definition) is 1. The van der Waals surface area contributed by atoms with Crippen molar-refractivity contribution in [3.8, 4) is 11.5 Å². The third-order valence-electron chi connectivity index (χ3n) is 2.86. The van der Waals surface area contributed by atoms with Crippen molar-refractivity contribution in [1.29, 1.82) is 0 Å². The minimum absolute atomic E-state index is 0.0970. The molecule has 0 unspecified atom stereocenters. The molecule has 21 heavy (non-hydrogen) atoms. The molecule has 0 spiro atoms. The van der Waals surface area contributed by atoms with Gasteiger partial charge >= 0.3 is 6.18 Å². The minimum atomic E-state index is -4.29. The van der Waals surface area contributed by atoms with E-state index >= 15 is 0 Å². The molecule has 0 bridgehead atoms. The minimum Gasteiger partial charge on any atom is -0.454 e. The van der Waals surface area contributed by atoms with Crippen molar-refractivity contribution in [1.82, 2.24) is 0 Å². The van der Waals surface area contributed by atoms with Crippen LogP contribution in [0.3, 0.4) is 0 Å². The van der Waals surface area contributed by atoms with Crippen LogP contribution in [-0.4, -0.2) is 6.18 Å². The maximum absolute atomic E-state index is 13.7. The van der Waals surface area contributed by atoms with Gasteiger partial charge < -0.3 is 4.74 Å². The molecule has 0 aliphatic heterocycles. The van der Waals surface area contributed by atoms with Crippen LogP contribution in [0.5, 0.6) is 11.5 Å². The van der Waals surface area contributed by atoms with Gasteiger partial charge in [0.15, 0.2) is 11.6 Å². The number of halogens is 4. The molecule has 0 amide bonds. The van der Waals surface area contributed by atoms with Crippen LogP contribution < -0.4 is 4.74 Å². The summed E-state index contributed by atoms with van der Waals surface area (Å²) in [6, 6.07) is 12.2. The highest BCUT2D eigenvalue weighted by atomic mass is 19.4. The Hall–Kier alpha value is -2.04. The summed E-state index contributed by atoms with van der Waals surface area (Å²) in [5.41, 5.74) is 0.305. The number of para-hydroxylation sites is 1. The Bertz CT molecular complexity index is 593. The van der Waals surface area contributed by atoms with Gasteiger partial charge in [0, 0.05) is 5.92 Å². The number of rotatable bonds is 4. The van der Waals surface area contributed by atoms with Crippen molar-refractivity contribution in [2.75, 3.05) is 0 Å². The highest BCUT2D eigenvalue weighted by Crippen LogP contribution is 2.33. The highest BCUT2D eigenvalue weighted by Gasteiger charge is 2.31. The monoisotopic (exact) mass is 297 g/mol. The topological polar surface area (TPSA) is 9.23 Å². The molecule has 0 atom stereocenters. The van der Waals surface area contributed by atoms with Crippen molar-refractivity contribution in [3.05, 3.63) is 65.8 Å². The first-order valence-electron chi connectivity index (χ1n) is 6.27. The summed E-state index contributed by atoms with van der Waals surface area (Å²) < 4.78 is 56.2. The largest absolute Gasteiger partial charge is 0.454 e. The molecule has 0 aromatic heterocycles. The van der Waals surface area contributed by atoms with Gasteiger partial charge in [0.25, 0.3) is 0 Å². The van der Waals surface area contributed by atoms with Gasteiger partial charge in [-0.1, -0.05) is 31.2 Å². The summed E-state index contributed by atoms with van der Waals surface area (Å²) in [5, 5.41) is 0. The van der Waals surface area contributed by atoms with E-state index in [-0.39, 0.29) is 11.7 Å². The van der Waals surface area contributed by atoms with E-state index in [4.69, 9.17) is 4.74 Å². The number of ether oxygens (including phenoxy) is 1. The lowest BCUT2D eigenvalue weighted by atomic mass is 9.97. The molecule has 0 aliphatic carbocycles. The normalized spacial score (nSPS) is 11.7. The van der Waals surface area contributed by atoms with Crippen molar-refractivity contribution in [2.45, 2.75) is 19.5 Å². The summed E-state index contributed by atoms with van der Waals surface area (Å²) in [6.45, 7) is 1.37. The number of benzene rings is 2. The van der Waals surface area contributed by atoms with Gasteiger partial charge in [-0.2, -0.15) is 13.2 Å². The van der Waals surface area contributed by atoms with Crippen LogP contribution in [0.2, 0.25) is 0 Å². The lowest BCUT2D eigenvalue weighted by molar-refractivity contribution is -0.130. The van der Waals surface area contributed by atoms with E-state index in [9.17, 15) is 17.6 Å². The van der Waals surface area contributed by atoms with E-state index in [2.05, 4.69) is 0 Å². The molecule has 0 N–H and O–H groups in total. The zero-order valence-corrected chi connectivity index (χ0v) is 11.2. The van der Waals surface area contributed by atoms with Crippen LogP contribution in [0.15, 0.2) is 48.5 Å². The zero-order valence-electron chi connectivity index (χ0n) is 11.2. The maximum atomic E-state index is 13.7. The molecule has 0 heterocycles. The molecule has 2 aromatic carbocycles. The van der Waals surface area contributed by atoms with Crippen LogP contribution in [0.1, 0.15) is 18.9 Å². The lowest BCUT2D eigenvalue weighted by Gasteiger charge is -2.15. The van der Waals surface area contributed by atoms with Gasteiger partial charge in [0.05, 0.1) is 6.42 Å². The van der Waals surface area contributed by atoms with Crippen LogP contribution in [0, 0.1) is 11.7 Å². The van der Waals surface area contributed by atoms with E-state index < -0.39 is 18.4 Å². The fourth-order valence-electron chi connectivity index (χ4n) is 1.87. The van der Waals surface area contributed by atoms with E-state index in [1.165, 1.54) is 19.1 Å². The first-order valence-corrected chi connectivity index (χ1v) is 6.27. The molecule has 0 saturated carbocycles. The van der Waals surface area contributed by atoms with Gasteiger partial charge in [-0.25, -0.2) is 4.39 Å². The first kappa shape index (κ1) is 15.4. The Balaban J connectivity index is 2.21. The molecule has 2 rings (SSSR count). The summed E-state index contributed by atoms with van der Waals surface area (Å²) in [6.07, 6.45) is -5.33. The van der Waals surface area contributed by atoms with Gasteiger partial charge in [-0.15, -0.1) is 0 Å². The quantitative estimate of drug-likeness (QED) is 0.676. The third-order valence-corrected chi connectivity index (χ3v) is 2.86. The molecule has 0 fully saturated rings. The van der Waals surface area contributed by atoms with E-state index in [1.807, 2.05) is 0 Å². The molecule has 2 aromatic rings. The summed E-state index contributed by atoms with van der Waals surface area (Å²) in [4.78, 5) is 0. The van der Waals surface area contributed by atoms with Crippen LogP contribution >= 0.6 is 0 Å². The second-order valence-electron chi connectivity index (χ2n) is 4.63. The smallest absolute Gasteiger partial charge is 0.389 e. The standard InChI is InChI=1S/C16H13F4O/c1-11(10-16(18,19)20)12-7-8-14(17)15(9-12)21-13-5-3-2-4-6-13/h2-9H,10H2,1H3. The van der Waals surface area contributed by atoms with Crippen LogP contribution in [0.25, 0.3) is 0 Å². The summed E-state index contributed by atoms with van der Waals surface area (Å²) in [5.74, 6) is -0.190. The molecule has 0 aliphatic rings.